The molecule has 1 heterocycles. The first kappa shape index (κ1) is 14.0. The normalized spacial score (nSPS) is 19.4. The summed E-state index contributed by atoms with van der Waals surface area (Å²) in [7, 11) is 0. The Hall–Kier alpha value is -1.10. The summed E-state index contributed by atoms with van der Waals surface area (Å²) in [6, 6.07) is -0.0314. The standard InChI is InChI=1S/C12H21NO4/c1-4-16-11(14)8-13(9(2)3)12(15)10-6-5-7-17-10/h9-10H,4-8H2,1-3H3. The van der Waals surface area contributed by atoms with Gasteiger partial charge in [0.25, 0.3) is 5.91 Å². The van der Waals surface area contributed by atoms with Crippen molar-refractivity contribution in [2.75, 3.05) is 19.8 Å². The number of nitrogens with zero attached hydrogens (tertiary/aromatic N) is 1. The number of ether oxygens (including phenoxy) is 2. The summed E-state index contributed by atoms with van der Waals surface area (Å²) in [5.74, 6) is -0.474. The fraction of sp³-hybridized carbons (Fsp3) is 0.833. The maximum Gasteiger partial charge on any atom is 0.325 e. The van der Waals surface area contributed by atoms with Gasteiger partial charge in [-0.05, 0) is 33.6 Å². The summed E-state index contributed by atoms with van der Waals surface area (Å²) in [5, 5.41) is 0. The molecule has 0 aromatic carbocycles. The highest BCUT2D eigenvalue weighted by Crippen LogP contribution is 2.16. The van der Waals surface area contributed by atoms with Crippen molar-refractivity contribution in [3.63, 3.8) is 0 Å². The molecule has 0 N–H and O–H groups in total. The molecule has 5 heteroatoms. The Morgan fingerprint density at radius 2 is 2.18 bits per heavy atom. The summed E-state index contributed by atoms with van der Waals surface area (Å²) in [4.78, 5) is 25.1. The Morgan fingerprint density at radius 1 is 1.47 bits per heavy atom. The first-order valence-electron chi connectivity index (χ1n) is 6.14. The van der Waals surface area contributed by atoms with Gasteiger partial charge in [0.05, 0.1) is 6.61 Å². The quantitative estimate of drug-likeness (QED) is 0.675. The highest BCUT2D eigenvalue weighted by Gasteiger charge is 2.30. The highest BCUT2D eigenvalue weighted by molar-refractivity contribution is 5.85. The summed E-state index contributed by atoms with van der Waals surface area (Å²) in [6.45, 7) is 6.47. The van der Waals surface area contributed by atoms with Crippen LogP contribution in [0.1, 0.15) is 33.6 Å². The second-order valence-electron chi connectivity index (χ2n) is 4.37. The van der Waals surface area contributed by atoms with Crippen LogP contribution in [0.2, 0.25) is 0 Å². The third-order valence-electron chi connectivity index (χ3n) is 2.72. The van der Waals surface area contributed by atoms with Crippen LogP contribution < -0.4 is 0 Å². The van der Waals surface area contributed by atoms with Crippen molar-refractivity contribution in [1.82, 2.24) is 4.90 Å². The summed E-state index contributed by atoms with van der Waals surface area (Å²) in [6.07, 6.45) is 1.26. The lowest BCUT2D eigenvalue weighted by molar-refractivity contribution is -0.153. The molecule has 1 fully saturated rings. The molecular formula is C12H21NO4. The van der Waals surface area contributed by atoms with Gasteiger partial charge in [0, 0.05) is 12.6 Å². The van der Waals surface area contributed by atoms with Gasteiger partial charge in [-0.1, -0.05) is 0 Å². The van der Waals surface area contributed by atoms with E-state index < -0.39 is 0 Å². The van der Waals surface area contributed by atoms with E-state index in [1.165, 1.54) is 4.90 Å². The van der Waals surface area contributed by atoms with Crippen molar-refractivity contribution in [3.05, 3.63) is 0 Å². The van der Waals surface area contributed by atoms with E-state index in [4.69, 9.17) is 9.47 Å². The van der Waals surface area contributed by atoms with Crippen LogP contribution in [-0.2, 0) is 19.1 Å². The summed E-state index contributed by atoms with van der Waals surface area (Å²) in [5.41, 5.74) is 0. The predicted molar refractivity (Wildman–Crippen MR) is 62.5 cm³/mol. The number of hydrogen-bond donors (Lipinski definition) is 0. The largest absolute Gasteiger partial charge is 0.465 e. The van der Waals surface area contributed by atoms with Gasteiger partial charge in [0.15, 0.2) is 0 Å². The van der Waals surface area contributed by atoms with Gasteiger partial charge in [-0.15, -0.1) is 0 Å². The molecule has 1 unspecified atom stereocenters. The van der Waals surface area contributed by atoms with E-state index in [-0.39, 0.29) is 30.6 Å². The summed E-state index contributed by atoms with van der Waals surface area (Å²) >= 11 is 0. The molecule has 98 valence electrons. The minimum absolute atomic E-state index is 0.00417. The van der Waals surface area contributed by atoms with Crippen LogP contribution in [0.15, 0.2) is 0 Å². The van der Waals surface area contributed by atoms with Crippen LogP contribution >= 0.6 is 0 Å². The number of rotatable bonds is 5. The minimum Gasteiger partial charge on any atom is -0.465 e. The molecule has 0 aromatic heterocycles. The molecular weight excluding hydrogens is 222 g/mol. The summed E-state index contributed by atoms with van der Waals surface area (Å²) < 4.78 is 10.2. The molecule has 1 amide bonds. The maximum absolute atomic E-state index is 12.1. The monoisotopic (exact) mass is 243 g/mol. The molecule has 1 rings (SSSR count). The average Bonchev–Trinajstić information content (AvgIpc) is 2.78. The fourth-order valence-corrected chi connectivity index (χ4v) is 1.82. The van der Waals surface area contributed by atoms with Crippen molar-refractivity contribution < 1.29 is 19.1 Å². The van der Waals surface area contributed by atoms with Crippen LogP contribution in [0, 0.1) is 0 Å². The van der Waals surface area contributed by atoms with E-state index in [1.54, 1.807) is 6.92 Å². The van der Waals surface area contributed by atoms with E-state index in [9.17, 15) is 9.59 Å². The Bertz CT molecular complexity index is 272. The predicted octanol–water partition coefficient (Wildman–Crippen LogP) is 0.965. The Morgan fingerprint density at radius 3 is 2.65 bits per heavy atom. The second kappa shape index (κ2) is 6.59. The van der Waals surface area contributed by atoms with E-state index in [0.29, 0.717) is 13.2 Å². The molecule has 0 radical (unpaired) electrons. The second-order valence-corrected chi connectivity index (χ2v) is 4.37. The maximum atomic E-state index is 12.1. The van der Waals surface area contributed by atoms with E-state index in [2.05, 4.69) is 0 Å². The zero-order valence-corrected chi connectivity index (χ0v) is 10.8. The molecule has 0 aromatic rings. The number of carbonyl (C=O) groups is 2. The van der Waals surface area contributed by atoms with Gasteiger partial charge in [-0.25, -0.2) is 0 Å². The third-order valence-corrected chi connectivity index (χ3v) is 2.72. The first-order chi connectivity index (χ1) is 8.06. The molecule has 1 saturated heterocycles. The zero-order chi connectivity index (χ0) is 12.8. The number of esters is 1. The number of carbonyl (C=O) groups excluding carboxylic acids is 2. The SMILES string of the molecule is CCOC(=O)CN(C(=O)C1CCCO1)C(C)C. The number of amides is 1. The van der Waals surface area contributed by atoms with Crippen LogP contribution in [0.3, 0.4) is 0 Å². The third kappa shape index (κ3) is 4.00. The van der Waals surface area contributed by atoms with Crippen molar-refractivity contribution in [2.45, 2.75) is 45.8 Å². The van der Waals surface area contributed by atoms with Crippen LogP contribution in [0.25, 0.3) is 0 Å². The van der Waals surface area contributed by atoms with Crippen molar-refractivity contribution in [3.8, 4) is 0 Å². The van der Waals surface area contributed by atoms with Crippen molar-refractivity contribution >= 4 is 11.9 Å². The molecule has 0 saturated carbocycles. The van der Waals surface area contributed by atoms with E-state index >= 15 is 0 Å². The highest BCUT2D eigenvalue weighted by atomic mass is 16.5. The lowest BCUT2D eigenvalue weighted by Crippen LogP contribution is -2.46. The van der Waals surface area contributed by atoms with Crippen LogP contribution in [-0.4, -0.2) is 48.7 Å². The molecule has 1 aliphatic heterocycles. The molecule has 1 atom stereocenters. The Labute approximate surface area is 102 Å². The minimum atomic E-state index is -0.383. The van der Waals surface area contributed by atoms with Gasteiger partial charge < -0.3 is 14.4 Å². The Kier molecular flexibility index (Phi) is 5.41. The topological polar surface area (TPSA) is 55.8 Å². The lowest BCUT2D eigenvalue weighted by atomic mass is 10.2. The first-order valence-corrected chi connectivity index (χ1v) is 6.14. The molecule has 0 aliphatic carbocycles. The van der Waals surface area contributed by atoms with Crippen molar-refractivity contribution in [1.29, 1.82) is 0 Å². The Balaban J connectivity index is 2.58. The fourth-order valence-electron chi connectivity index (χ4n) is 1.82. The molecule has 0 bridgehead atoms. The lowest BCUT2D eigenvalue weighted by Gasteiger charge is -2.27. The van der Waals surface area contributed by atoms with Gasteiger partial charge in [0.2, 0.25) is 0 Å². The average molecular weight is 243 g/mol. The smallest absolute Gasteiger partial charge is 0.325 e. The van der Waals surface area contributed by atoms with E-state index in [0.717, 1.165) is 12.8 Å². The molecule has 17 heavy (non-hydrogen) atoms. The number of hydrogen-bond acceptors (Lipinski definition) is 4. The van der Waals surface area contributed by atoms with Crippen LogP contribution in [0.4, 0.5) is 0 Å². The van der Waals surface area contributed by atoms with Crippen molar-refractivity contribution in [2.24, 2.45) is 0 Å². The molecule has 0 spiro atoms. The van der Waals surface area contributed by atoms with E-state index in [1.807, 2.05) is 13.8 Å². The van der Waals surface area contributed by atoms with Gasteiger partial charge in [-0.3, -0.25) is 9.59 Å². The van der Waals surface area contributed by atoms with Gasteiger partial charge in [0.1, 0.15) is 12.6 Å². The van der Waals surface area contributed by atoms with Crippen LogP contribution in [0.5, 0.6) is 0 Å². The molecule has 5 nitrogen and oxygen atoms in total. The van der Waals surface area contributed by atoms with Gasteiger partial charge in [-0.2, -0.15) is 0 Å². The molecule has 1 aliphatic rings. The van der Waals surface area contributed by atoms with Gasteiger partial charge >= 0.3 is 5.97 Å². The zero-order valence-electron chi connectivity index (χ0n) is 10.8.